The molecule has 1 N–H and O–H groups in total. The van der Waals surface area contributed by atoms with Gasteiger partial charge in [-0.1, -0.05) is 0 Å². The molecule has 18 heavy (non-hydrogen) atoms. The van der Waals surface area contributed by atoms with Crippen molar-refractivity contribution in [2.75, 3.05) is 0 Å². The fourth-order valence-electron chi connectivity index (χ4n) is 1.62. The summed E-state index contributed by atoms with van der Waals surface area (Å²) >= 11 is 0. The lowest BCUT2D eigenvalue weighted by atomic mass is 10.1. The van der Waals surface area contributed by atoms with Crippen LogP contribution in [0.15, 0.2) is 24.3 Å². The third-order valence-corrected chi connectivity index (χ3v) is 2.46. The van der Waals surface area contributed by atoms with Crippen LogP contribution in [-0.4, -0.2) is 24.5 Å². The normalized spacial score (nSPS) is 13.5. The average Bonchev–Trinajstić information content (AvgIpc) is 2.29. The topological polar surface area (TPSA) is 55.4 Å². The number of nitrogens with one attached hydrogen (secondary N) is 1. The number of carbonyl (C=O) groups excluding carboxylic acids is 2. The van der Waals surface area contributed by atoms with Crippen LogP contribution in [-0.2, 0) is 9.53 Å². The molecular formula is C13H16FNO3. The predicted molar refractivity (Wildman–Crippen MR) is 64.6 cm³/mol. The summed E-state index contributed by atoms with van der Waals surface area (Å²) in [6, 6.07) is 5.17. The van der Waals surface area contributed by atoms with Crippen molar-refractivity contribution in [3.8, 4) is 0 Å². The molecule has 2 unspecified atom stereocenters. The Labute approximate surface area is 105 Å². The van der Waals surface area contributed by atoms with Gasteiger partial charge in [-0.05, 0) is 38.1 Å². The van der Waals surface area contributed by atoms with Crippen molar-refractivity contribution in [2.45, 2.75) is 32.4 Å². The maximum atomic E-state index is 12.7. The van der Waals surface area contributed by atoms with Crippen molar-refractivity contribution in [3.05, 3.63) is 35.6 Å². The van der Waals surface area contributed by atoms with E-state index in [1.54, 1.807) is 6.92 Å². The van der Waals surface area contributed by atoms with Crippen molar-refractivity contribution in [2.24, 2.45) is 0 Å². The number of ether oxygens (including phenoxy) is 1. The molecule has 1 aromatic carbocycles. The Bertz CT molecular complexity index is 405. The Morgan fingerprint density at radius 2 is 2.00 bits per heavy atom. The van der Waals surface area contributed by atoms with Gasteiger partial charge in [-0.2, -0.15) is 0 Å². The summed E-state index contributed by atoms with van der Waals surface area (Å²) in [4.78, 5) is 21.9. The molecule has 0 aliphatic heterocycles. The Morgan fingerprint density at radius 3 is 2.56 bits per heavy atom. The highest BCUT2D eigenvalue weighted by molar-refractivity contribution is 5.94. The zero-order valence-corrected chi connectivity index (χ0v) is 10.4. The minimum absolute atomic E-state index is 0.141. The summed E-state index contributed by atoms with van der Waals surface area (Å²) in [5, 5.41) is 2.75. The molecule has 1 amide bonds. The quantitative estimate of drug-likeness (QED) is 0.788. The fraction of sp³-hybridized carbons (Fsp3) is 0.385. The monoisotopic (exact) mass is 253 g/mol. The molecular weight excluding hydrogens is 237 g/mol. The first-order chi connectivity index (χ1) is 8.52. The number of amides is 1. The summed E-state index contributed by atoms with van der Waals surface area (Å²) in [5.74, 6) is -0.659. The Balaban J connectivity index is 2.49. The van der Waals surface area contributed by atoms with E-state index in [0.717, 1.165) is 0 Å². The molecule has 0 fully saturated rings. The lowest BCUT2D eigenvalue weighted by Crippen LogP contribution is -2.35. The van der Waals surface area contributed by atoms with Crippen molar-refractivity contribution in [3.63, 3.8) is 0 Å². The molecule has 5 heteroatoms. The standard InChI is InChI=1S/C13H16FNO3/c1-9(7-10(2)18-8-16)15-13(17)11-3-5-12(14)6-4-11/h3-6,8-10H,7H2,1-2H3,(H,15,17). The van der Waals surface area contributed by atoms with Gasteiger partial charge in [0.05, 0.1) is 0 Å². The van der Waals surface area contributed by atoms with Crippen LogP contribution in [0.25, 0.3) is 0 Å². The van der Waals surface area contributed by atoms with Gasteiger partial charge in [-0.25, -0.2) is 4.39 Å². The van der Waals surface area contributed by atoms with Crippen LogP contribution in [0.2, 0.25) is 0 Å². The lowest BCUT2D eigenvalue weighted by Gasteiger charge is -2.17. The molecule has 0 saturated carbocycles. The van der Waals surface area contributed by atoms with Crippen molar-refractivity contribution >= 4 is 12.4 Å². The second-order valence-electron chi connectivity index (χ2n) is 4.16. The lowest BCUT2D eigenvalue weighted by molar-refractivity contribution is -0.133. The molecule has 0 saturated heterocycles. The van der Waals surface area contributed by atoms with Crippen LogP contribution < -0.4 is 5.32 Å². The number of rotatable bonds is 6. The molecule has 0 aliphatic rings. The van der Waals surface area contributed by atoms with Crippen molar-refractivity contribution in [1.82, 2.24) is 5.32 Å². The molecule has 0 radical (unpaired) electrons. The van der Waals surface area contributed by atoms with Crippen LogP contribution in [0.4, 0.5) is 4.39 Å². The van der Waals surface area contributed by atoms with Gasteiger partial charge in [0.1, 0.15) is 11.9 Å². The van der Waals surface area contributed by atoms with E-state index in [-0.39, 0.29) is 23.9 Å². The molecule has 0 spiro atoms. The van der Waals surface area contributed by atoms with Gasteiger partial charge in [-0.15, -0.1) is 0 Å². The second kappa shape index (κ2) is 6.74. The summed E-state index contributed by atoms with van der Waals surface area (Å²) < 4.78 is 17.4. The third-order valence-electron chi connectivity index (χ3n) is 2.46. The first-order valence-electron chi connectivity index (χ1n) is 5.68. The first kappa shape index (κ1) is 14.2. The molecule has 1 aromatic rings. The molecule has 0 aromatic heterocycles. The van der Waals surface area contributed by atoms with E-state index < -0.39 is 0 Å². The molecule has 4 nitrogen and oxygen atoms in total. The summed E-state index contributed by atoms with van der Waals surface area (Å²) in [7, 11) is 0. The van der Waals surface area contributed by atoms with Crippen LogP contribution in [0, 0.1) is 5.82 Å². The van der Waals surface area contributed by atoms with E-state index in [2.05, 4.69) is 5.32 Å². The number of benzene rings is 1. The summed E-state index contributed by atoms with van der Waals surface area (Å²) in [5.41, 5.74) is 0.396. The van der Waals surface area contributed by atoms with E-state index in [1.807, 2.05) is 6.92 Å². The molecule has 1 rings (SSSR count). The smallest absolute Gasteiger partial charge is 0.293 e. The van der Waals surface area contributed by atoms with Crippen LogP contribution in [0.5, 0.6) is 0 Å². The Hall–Kier alpha value is -1.91. The summed E-state index contributed by atoms with van der Waals surface area (Å²) in [6.45, 7) is 3.94. The molecule has 0 bridgehead atoms. The maximum Gasteiger partial charge on any atom is 0.293 e. The van der Waals surface area contributed by atoms with E-state index in [4.69, 9.17) is 4.74 Å². The number of hydrogen-bond acceptors (Lipinski definition) is 3. The van der Waals surface area contributed by atoms with Crippen LogP contribution >= 0.6 is 0 Å². The number of hydrogen-bond donors (Lipinski definition) is 1. The Morgan fingerprint density at radius 1 is 1.39 bits per heavy atom. The zero-order chi connectivity index (χ0) is 13.5. The van der Waals surface area contributed by atoms with Crippen molar-refractivity contribution < 1.29 is 18.7 Å². The van der Waals surface area contributed by atoms with Crippen LogP contribution in [0.3, 0.4) is 0 Å². The highest BCUT2D eigenvalue weighted by Gasteiger charge is 2.13. The zero-order valence-electron chi connectivity index (χ0n) is 10.4. The maximum absolute atomic E-state index is 12.7. The van der Waals surface area contributed by atoms with Gasteiger partial charge in [0, 0.05) is 18.0 Å². The predicted octanol–water partition coefficient (Wildman–Crippen LogP) is 1.90. The third kappa shape index (κ3) is 4.53. The second-order valence-corrected chi connectivity index (χ2v) is 4.16. The molecule has 0 aliphatic carbocycles. The first-order valence-corrected chi connectivity index (χ1v) is 5.68. The SMILES string of the molecule is CC(CC(C)OC=O)NC(=O)c1ccc(F)cc1. The van der Waals surface area contributed by atoms with Gasteiger partial charge in [0.15, 0.2) is 0 Å². The minimum Gasteiger partial charge on any atom is -0.465 e. The average molecular weight is 253 g/mol. The van der Waals surface area contributed by atoms with E-state index >= 15 is 0 Å². The highest BCUT2D eigenvalue weighted by atomic mass is 19.1. The molecule has 2 atom stereocenters. The van der Waals surface area contributed by atoms with Gasteiger partial charge >= 0.3 is 0 Å². The van der Waals surface area contributed by atoms with Gasteiger partial charge in [0.2, 0.25) is 0 Å². The van der Waals surface area contributed by atoms with Gasteiger partial charge < -0.3 is 10.1 Å². The van der Waals surface area contributed by atoms with E-state index in [0.29, 0.717) is 18.5 Å². The fourth-order valence-corrected chi connectivity index (χ4v) is 1.62. The molecule has 0 heterocycles. The largest absolute Gasteiger partial charge is 0.465 e. The van der Waals surface area contributed by atoms with E-state index in [9.17, 15) is 14.0 Å². The highest BCUT2D eigenvalue weighted by Crippen LogP contribution is 2.05. The molecule has 98 valence electrons. The van der Waals surface area contributed by atoms with E-state index in [1.165, 1.54) is 24.3 Å². The van der Waals surface area contributed by atoms with Gasteiger partial charge in [-0.3, -0.25) is 9.59 Å². The number of carbonyl (C=O) groups is 2. The van der Waals surface area contributed by atoms with Crippen molar-refractivity contribution in [1.29, 1.82) is 0 Å². The van der Waals surface area contributed by atoms with Gasteiger partial charge in [0.25, 0.3) is 12.4 Å². The Kier molecular flexibility index (Phi) is 5.30. The summed E-state index contributed by atoms with van der Waals surface area (Å²) in [6.07, 6.45) is 0.261. The minimum atomic E-state index is -0.382. The van der Waals surface area contributed by atoms with Crippen LogP contribution in [0.1, 0.15) is 30.6 Å². The number of halogens is 1.